The number of imidazole rings is 1. The highest BCUT2D eigenvalue weighted by Gasteiger charge is 2.39. The average molecular weight is 1040 g/mol. The van der Waals surface area contributed by atoms with Crippen LogP contribution in [0.2, 0.25) is 0 Å². The summed E-state index contributed by atoms with van der Waals surface area (Å²) >= 11 is 0. The Labute approximate surface area is 509 Å². The van der Waals surface area contributed by atoms with E-state index in [1.54, 1.807) is 34.9 Å². The summed E-state index contributed by atoms with van der Waals surface area (Å²) < 4.78 is 399. The molecule has 1 fully saturated rings. The summed E-state index contributed by atoms with van der Waals surface area (Å²) in [6, 6.07) is 17.4. The molecule has 5 heteroatoms. The number of hydrogen-bond acceptors (Lipinski definition) is 2. The zero-order valence-corrected chi connectivity index (χ0v) is 40.3. The molecule has 7 aromatic carbocycles. The Bertz CT molecular complexity index is 5530. The van der Waals surface area contributed by atoms with Gasteiger partial charge in [-0.3, -0.25) is 13.7 Å². The molecule has 0 radical (unpaired) electrons. The Balaban J connectivity index is 1.15. The maximum atomic E-state index is 10.4. The summed E-state index contributed by atoms with van der Waals surface area (Å²) in [5.41, 5.74) is -30.7. The molecule has 3 aliphatic carbocycles. The van der Waals surface area contributed by atoms with Crippen LogP contribution >= 0.6 is 0 Å². The minimum absolute atomic E-state index is 0.00696. The summed E-state index contributed by atoms with van der Waals surface area (Å²) in [6.45, 7) is -39.2. The van der Waals surface area contributed by atoms with Gasteiger partial charge >= 0.3 is 0 Å². The van der Waals surface area contributed by atoms with E-state index in [9.17, 15) is 20.6 Å². The quantitative estimate of drug-likeness (QED) is 0.112. The van der Waals surface area contributed by atoms with Gasteiger partial charge in [-0.25, -0.2) is 4.98 Å². The van der Waals surface area contributed by atoms with E-state index in [1.807, 2.05) is 12.1 Å². The lowest BCUT2D eigenvalue weighted by molar-refractivity contribution is -0.571. The number of ether oxygens (including phenoxy) is 1. The van der Waals surface area contributed by atoms with Gasteiger partial charge in [0, 0.05) is 72.4 Å². The van der Waals surface area contributed by atoms with Crippen molar-refractivity contribution in [3.05, 3.63) is 197 Å². The first kappa shape index (κ1) is 20.9. The molecule has 0 saturated heterocycles. The highest BCUT2D eigenvalue weighted by molar-refractivity contribution is 6.09. The number of aryl methyl sites for hydroxylation is 1. The molecule has 13 rings (SSSR count). The third kappa shape index (κ3) is 8.10. The molecule has 10 aromatic rings. The highest BCUT2D eigenvalue weighted by atomic mass is 16.5. The molecule has 5 nitrogen and oxygen atoms in total. The Morgan fingerprint density at radius 1 is 0.618 bits per heavy atom. The van der Waals surface area contributed by atoms with E-state index in [2.05, 4.69) is 6.33 Å². The van der Waals surface area contributed by atoms with Crippen molar-refractivity contribution in [3.8, 4) is 50.9 Å². The van der Waals surface area contributed by atoms with Crippen LogP contribution in [0.25, 0.3) is 72.3 Å². The van der Waals surface area contributed by atoms with Crippen LogP contribution in [0.4, 0.5) is 0 Å². The molecule has 3 aliphatic rings. The molecule has 76 heavy (non-hydrogen) atoms. The monoisotopic (exact) mass is 1040 g/mol. The summed E-state index contributed by atoms with van der Waals surface area (Å²) in [4.78, 5) is 4.82. The number of rotatable bonds is 8. The number of nitrogens with zero attached hydrogens (tertiary/aromatic N) is 4. The Hall–Kier alpha value is -7.24. The predicted molar refractivity (Wildman–Crippen MR) is 314 cm³/mol. The van der Waals surface area contributed by atoms with Crippen LogP contribution in [-0.4, -0.2) is 14.1 Å². The fourth-order valence-corrected chi connectivity index (χ4v) is 10.6. The zero-order valence-electron chi connectivity index (χ0n) is 82.3. The van der Waals surface area contributed by atoms with E-state index < -0.39 is 201 Å². The number of benzene rings is 7. The van der Waals surface area contributed by atoms with Crippen molar-refractivity contribution in [1.29, 1.82) is 0 Å². The topological polar surface area (TPSA) is 35.9 Å². The van der Waals surface area contributed by atoms with Crippen LogP contribution in [0.5, 0.6) is 11.5 Å². The van der Waals surface area contributed by atoms with Crippen molar-refractivity contribution in [2.45, 2.75) is 147 Å². The van der Waals surface area contributed by atoms with Crippen LogP contribution < -0.4 is 9.30 Å². The molecule has 3 heterocycles. The van der Waals surface area contributed by atoms with Gasteiger partial charge in [-0.15, -0.1) is 0 Å². The van der Waals surface area contributed by atoms with E-state index >= 15 is 0 Å². The van der Waals surface area contributed by atoms with Crippen LogP contribution in [0, 0.1) is 13.2 Å². The number of fused-ring (bicyclic) bond motifs is 6. The summed E-state index contributed by atoms with van der Waals surface area (Å²) in [6.07, 6.45) is -11.7. The largest absolute Gasteiger partial charge is 0.458 e. The van der Waals surface area contributed by atoms with E-state index in [4.69, 9.17) is 46.7 Å². The predicted octanol–water partition coefficient (Wildman–Crippen LogP) is 18.4. The van der Waals surface area contributed by atoms with Crippen molar-refractivity contribution < 1.29 is 66.9 Å². The van der Waals surface area contributed by atoms with Crippen molar-refractivity contribution in [1.82, 2.24) is 14.1 Å². The van der Waals surface area contributed by atoms with E-state index in [0.717, 1.165) is 47.4 Å². The van der Waals surface area contributed by atoms with Crippen LogP contribution in [0.1, 0.15) is 209 Å². The van der Waals surface area contributed by atoms with Gasteiger partial charge in [0.2, 0.25) is 0 Å². The fourth-order valence-electron chi connectivity index (χ4n) is 10.6. The highest BCUT2D eigenvalue weighted by Crippen LogP contribution is 2.50. The molecule has 0 aliphatic heterocycles. The second-order valence-electron chi connectivity index (χ2n) is 19.3. The van der Waals surface area contributed by atoms with Gasteiger partial charge < -0.3 is 4.74 Å². The minimum atomic E-state index is -4.87. The van der Waals surface area contributed by atoms with Crippen molar-refractivity contribution in [2.24, 2.45) is 0 Å². The minimum Gasteiger partial charge on any atom is -0.458 e. The maximum Gasteiger partial charge on any atom is 0.269 e. The van der Waals surface area contributed by atoms with E-state index in [-0.39, 0.29) is 39.6 Å². The SMILES string of the molecule is [2H]c1c([2H])c2c(c([2H])c1-c1cccc(-c3c([2H])c([2H])c4c(c3[2H])C(C([2H])([2H])[2H])(C([2H])([2H])[2H])C([2H])([2H])C([2H])([2H])C4(C([2H])([2H])[2H])C([2H])([2H])[2H])c1-[n+]1[c-]n(-c3cccc(Oc4ccc5c6ccccc6n(-c6cc(C([2H])([2H])[2H])c(C7([2H])CCCCC7)cn6)c5c4)c3)c3ccccc31)C(C([2H])([2H])[2H])(C([2H])([2H])[2H])C([2H])([2H])C([2H])([2H])C2(C([2H])([2H])[2H])C([2H])([2H])[2H]. The Morgan fingerprint density at radius 3 is 1.89 bits per heavy atom. The third-order valence-corrected chi connectivity index (χ3v) is 14.3. The van der Waals surface area contributed by atoms with Crippen molar-refractivity contribution >= 4 is 32.8 Å². The summed E-state index contributed by atoms with van der Waals surface area (Å²) in [5, 5.41) is 1.40. The molecule has 0 unspecified atom stereocenters. The fraction of sp³-hybridized carbons (Fsp3) is 0.324. The van der Waals surface area contributed by atoms with Crippen LogP contribution in [-0.2, 0) is 21.7 Å². The molecular weight excluding hydrogens is 925 g/mol. The number of aromatic nitrogens is 4. The Morgan fingerprint density at radius 2 is 1.22 bits per heavy atom. The average Bonchev–Trinajstić information content (AvgIpc) is 0.753. The zero-order chi connectivity index (χ0) is 88.1. The Kier molecular flexibility index (Phi) is 4.94. The smallest absolute Gasteiger partial charge is 0.269 e. The first-order valence-electron chi connectivity index (χ1n) is 45.4. The molecule has 0 amide bonds. The van der Waals surface area contributed by atoms with Gasteiger partial charge in [0.15, 0.2) is 0 Å². The van der Waals surface area contributed by atoms with Gasteiger partial charge in [0.1, 0.15) is 17.3 Å². The van der Waals surface area contributed by atoms with Gasteiger partial charge in [0.25, 0.3) is 6.33 Å². The lowest BCUT2D eigenvalue weighted by Crippen LogP contribution is -2.34. The molecule has 0 bridgehead atoms. The number of pyridine rings is 1. The standard InChI is InChI=1S/C71H72N4O/c1-46-39-66(72-44-57(46)47-19-11-10-12-20-47)75-62-26-14-13-23-55(62)56-32-31-52(43-65(56)75)76-51-22-17-21-50(42-51)73-45-74(64-28-16-15-27-63(64)73)67-53(48-29-33-58-60(40-48)70(6,7)37-35-68(58,2)3)24-18-25-54(67)49-30-34-59-61(41-49)71(8,9)38-36-69(59,4)5/h13-18,21-34,39-44,47H,10-12,19-20,35-38H2,1-9H3/i1D3,2D3,3D3,4D3,5D3,6D3,7D3,8D3,9D3,29D,30D,33D,34D,35D2,36D2,37D2,38D2,40D,41D,47D. The lowest BCUT2D eigenvalue weighted by Gasteiger charge is -2.42. The first-order chi connectivity index (χ1) is 53.7. The van der Waals surface area contributed by atoms with E-state index in [1.165, 1.54) is 65.4 Å². The normalized spacial score (nSPS) is 30.4. The van der Waals surface area contributed by atoms with Crippen molar-refractivity contribution in [2.75, 3.05) is 0 Å². The van der Waals surface area contributed by atoms with Crippen molar-refractivity contribution in [3.63, 3.8) is 0 Å². The third-order valence-electron chi connectivity index (χ3n) is 14.3. The van der Waals surface area contributed by atoms with Gasteiger partial charge in [0.05, 0.1) is 41.7 Å². The second-order valence-corrected chi connectivity index (χ2v) is 19.3. The van der Waals surface area contributed by atoms with Crippen LogP contribution in [0.15, 0.2) is 158 Å². The molecule has 382 valence electrons. The number of para-hydroxylation sites is 4. The molecular formula is C71H72N4O. The second kappa shape index (κ2) is 17.9. The molecule has 1 saturated carbocycles. The lowest BCUT2D eigenvalue weighted by atomic mass is 9.62. The summed E-state index contributed by atoms with van der Waals surface area (Å²) in [7, 11) is 0. The van der Waals surface area contributed by atoms with Gasteiger partial charge in [-0.05, 0) is 171 Å². The molecule has 0 atom stereocenters. The first-order valence-corrected chi connectivity index (χ1v) is 24.4. The molecule has 0 spiro atoms. The van der Waals surface area contributed by atoms with Gasteiger partial charge in [-0.1, -0.05) is 177 Å². The molecule has 3 aromatic heterocycles. The molecule has 0 N–H and O–H groups in total. The summed E-state index contributed by atoms with van der Waals surface area (Å²) in [5.74, 6) is -0.795. The number of hydrogen-bond donors (Lipinski definition) is 0. The van der Waals surface area contributed by atoms with Crippen LogP contribution in [0.3, 0.4) is 0 Å². The van der Waals surface area contributed by atoms with Gasteiger partial charge in [-0.2, -0.15) is 0 Å². The van der Waals surface area contributed by atoms with E-state index in [0.29, 0.717) is 34.8 Å². The maximum absolute atomic E-state index is 10.4.